The van der Waals surface area contributed by atoms with E-state index in [1.54, 1.807) is 36.4 Å². The van der Waals surface area contributed by atoms with E-state index in [0.29, 0.717) is 5.56 Å². The minimum atomic E-state index is -1.23. The Morgan fingerprint density at radius 1 is 1.19 bits per heavy atom. The Morgan fingerprint density at radius 2 is 1.90 bits per heavy atom. The molecule has 2 atom stereocenters. The van der Waals surface area contributed by atoms with Crippen molar-refractivity contribution in [2.45, 2.75) is 12.1 Å². The maximum Gasteiger partial charge on any atom is 0.331 e. The van der Waals surface area contributed by atoms with Gasteiger partial charge in [-0.2, -0.15) is 0 Å². The molecule has 0 radical (unpaired) electrons. The number of furan rings is 1. The zero-order chi connectivity index (χ0) is 15.2. The molecule has 0 aliphatic heterocycles. The van der Waals surface area contributed by atoms with Gasteiger partial charge in [0.1, 0.15) is 6.10 Å². The van der Waals surface area contributed by atoms with Gasteiger partial charge in [-0.05, 0) is 17.7 Å². The largest absolute Gasteiger partial charge is 0.467 e. The Labute approximate surface area is 121 Å². The maximum absolute atomic E-state index is 11.9. The molecule has 0 aliphatic carbocycles. The standard InChI is InChI=1S/C15H15NO5/c1-20-15(19)12(13(17)10-6-3-2-4-7-10)16-14(18)11-8-5-9-21-11/h2-9,12-13,17H,1H3,(H,16,18)/t12-,13?/m0/s1. The first kappa shape index (κ1) is 14.8. The summed E-state index contributed by atoms with van der Waals surface area (Å²) in [5, 5.41) is 12.7. The summed E-state index contributed by atoms with van der Waals surface area (Å²) < 4.78 is 9.58. The molecule has 21 heavy (non-hydrogen) atoms. The first-order valence-electron chi connectivity index (χ1n) is 6.28. The number of aliphatic hydroxyl groups excluding tert-OH is 1. The molecule has 1 aromatic heterocycles. The van der Waals surface area contributed by atoms with Gasteiger partial charge < -0.3 is 19.6 Å². The highest BCUT2D eigenvalue weighted by molar-refractivity contribution is 5.94. The second kappa shape index (κ2) is 6.71. The number of ether oxygens (including phenoxy) is 1. The molecule has 2 rings (SSSR count). The van der Waals surface area contributed by atoms with Crippen molar-refractivity contribution >= 4 is 11.9 Å². The first-order valence-corrected chi connectivity index (χ1v) is 6.28. The molecule has 0 aliphatic rings. The lowest BCUT2D eigenvalue weighted by Gasteiger charge is -2.21. The van der Waals surface area contributed by atoms with Gasteiger partial charge in [-0.3, -0.25) is 4.79 Å². The van der Waals surface area contributed by atoms with Crippen LogP contribution in [0, 0.1) is 0 Å². The molecular weight excluding hydrogens is 274 g/mol. The van der Waals surface area contributed by atoms with E-state index in [4.69, 9.17) is 4.42 Å². The Balaban J connectivity index is 2.19. The molecular formula is C15H15NO5. The summed E-state index contributed by atoms with van der Waals surface area (Å²) in [5.74, 6) is -1.30. The van der Waals surface area contributed by atoms with E-state index in [1.165, 1.54) is 19.4 Å². The van der Waals surface area contributed by atoms with Crippen LogP contribution in [0.2, 0.25) is 0 Å². The van der Waals surface area contributed by atoms with Crippen molar-refractivity contribution < 1.29 is 23.8 Å². The fourth-order valence-electron chi connectivity index (χ4n) is 1.86. The smallest absolute Gasteiger partial charge is 0.331 e. The third-order valence-electron chi connectivity index (χ3n) is 2.94. The van der Waals surface area contributed by atoms with Crippen LogP contribution in [-0.4, -0.2) is 30.1 Å². The Bertz CT molecular complexity index is 594. The summed E-state index contributed by atoms with van der Waals surface area (Å²) >= 11 is 0. The molecule has 2 aromatic rings. The number of amides is 1. The number of rotatable bonds is 5. The quantitative estimate of drug-likeness (QED) is 0.810. The molecule has 0 spiro atoms. The van der Waals surface area contributed by atoms with E-state index in [9.17, 15) is 14.7 Å². The van der Waals surface area contributed by atoms with Crippen molar-refractivity contribution in [3.63, 3.8) is 0 Å². The molecule has 2 N–H and O–H groups in total. The lowest BCUT2D eigenvalue weighted by molar-refractivity contribution is -0.146. The minimum absolute atomic E-state index is 0.0455. The van der Waals surface area contributed by atoms with Gasteiger partial charge in [0, 0.05) is 0 Å². The number of nitrogens with one attached hydrogen (secondary N) is 1. The van der Waals surface area contributed by atoms with Crippen molar-refractivity contribution in [2.75, 3.05) is 7.11 Å². The summed E-state index contributed by atoms with van der Waals surface area (Å²) in [5.41, 5.74) is 0.493. The van der Waals surface area contributed by atoms with Crippen LogP contribution in [-0.2, 0) is 9.53 Å². The minimum Gasteiger partial charge on any atom is -0.467 e. The van der Waals surface area contributed by atoms with Crippen molar-refractivity contribution in [3.8, 4) is 0 Å². The Hall–Kier alpha value is -2.60. The lowest BCUT2D eigenvalue weighted by Crippen LogP contribution is -2.45. The lowest BCUT2D eigenvalue weighted by atomic mass is 10.0. The SMILES string of the molecule is COC(=O)[C@@H](NC(=O)c1ccco1)C(O)c1ccccc1. The van der Waals surface area contributed by atoms with Gasteiger partial charge >= 0.3 is 5.97 Å². The number of carbonyl (C=O) groups is 2. The topological polar surface area (TPSA) is 88.8 Å². The monoisotopic (exact) mass is 289 g/mol. The van der Waals surface area contributed by atoms with Crippen molar-refractivity contribution in [2.24, 2.45) is 0 Å². The predicted molar refractivity (Wildman–Crippen MR) is 73.4 cm³/mol. The van der Waals surface area contributed by atoms with Crippen LogP contribution in [0.25, 0.3) is 0 Å². The van der Waals surface area contributed by atoms with Crippen molar-refractivity contribution in [1.29, 1.82) is 0 Å². The van der Waals surface area contributed by atoms with Crippen LogP contribution in [0.4, 0.5) is 0 Å². The number of esters is 1. The number of hydrogen-bond acceptors (Lipinski definition) is 5. The highest BCUT2D eigenvalue weighted by atomic mass is 16.5. The molecule has 0 fully saturated rings. The van der Waals surface area contributed by atoms with Gasteiger partial charge in [0.15, 0.2) is 11.8 Å². The normalized spacial score (nSPS) is 13.2. The first-order chi connectivity index (χ1) is 10.1. The van der Waals surface area contributed by atoms with Crippen LogP contribution in [0.1, 0.15) is 22.2 Å². The molecule has 1 heterocycles. The molecule has 0 saturated heterocycles. The highest BCUT2D eigenvalue weighted by Gasteiger charge is 2.31. The molecule has 1 unspecified atom stereocenters. The van der Waals surface area contributed by atoms with E-state index >= 15 is 0 Å². The van der Waals surface area contributed by atoms with Gasteiger partial charge in [0.05, 0.1) is 13.4 Å². The van der Waals surface area contributed by atoms with Gasteiger partial charge in [0.25, 0.3) is 5.91 Å². The van der Waals surface area contributed by atoms with E-state index in [0.717, 1.165) is 0 Å². The molecule has 6 heteroatoms. The molecule has 1 aromatic carbocycles. The number of hydrogen-bond donors (Lipinski definition) is 2. The maximum atomic E-state index is 11.9. The molecule has 110 valence electrons. The van der Waals surface area contributed by atoms with E-state index in [-0.39, 0.29) is 5.76 Å². The predicted octanol–water partition coefficient (Wildman–Crippen LogP) is 1.28. The number of benzene rings is 1. The zero-order valence-corrected chi connectivity index (χ0v) is 11.4. The molecule has 0 saturated carbocycles. The van der Waals surface area contributed by atoms with Crippen LogP contribution in [0.5, 0.6) is 0 Å². The molecule has 0 bridgehead atoms. The number of aliphatic hydroxyl groups is 1. The third kappa shape index (κ3) is 3.49. The second-order valence-electron chi connectivity index (χ2n) is 4.31. The van der Waals surface area contributed by atoms with Crippen LogP contribution in [0.3, 0.4) is 0 Å². The van der Waals surface area contributed by atoms with Gasteiger partial charge in [0.2, 0.25) is 0 Å². The van der Waals surface area contributed by atoms with Gasteiger partial charge in [-0.15, -0.1) is 0 Å². The fourth-order valence-corrected chi connectivity index (χ4v) is 1.86. The second-order valence-corrected chi connectivity index (χ2v) is 4.31. The van der Waals surface area contributed by atoms with Crippen molar-refractivity contribution in [3.05, 3.63) is 60.1 Å². The average molecular weight is 289 g/mol. The van der Waals surface area contributed by atoms with Gasteiger partial charge in [-0.25, -0.2) is 4.79 Å². The number of carbonyl (C=O) groups excluding carboxylic acids is 2. The Morgan fingerprint density at radius 3 is 2.48 bits per heavy atom. The van der Waals surface area contributed by atoms with Crippen LogP contribution >= 0.6 is 0 Å². The summed E-state index contributed by atoms with van der Waals surface area (Å²) in [4.78, 5) is 23.8. The summed E-state index contributed by atoms with van der Waals surface area (Å²) in [6, 6.07) is 10.3. The zero-order valence-electron chi connectivity index (χ0n) is 11.4. The van der Waals surface area contributed by atoms with Crippen LogP contribution < -0.4 is 5.32 Å². The van der Waals surface area contributed by atoms with E-state index < -0.39 is 24.0 Å². The van der Waals surface area contributed by atoms with E-state index in [2.05, 4.69) is 10.1 Å². The number of methoxy groups -OCH3 is 1. The van der Waals surface area contributed by atoms with Crippen molar-refractivity contribution in [1.82, 2.24) is 5.32 Å². The summed E-state index contributed by atoms with van der Waals surface area (Å²) in [6.45, 7) is 0. The molecule has 1 amide bonds. The summed E-state index contributed by atoms with van der Waals surface area (Å²) in [7, 11) is 1.19. The van der Waals surface area contributed by atoms with Gasteiger partial charge in [-0.1, -0.05) is 30.3 Å². The Kier molecular flexibility index (Phi) is 4.73. The summed E-state index contributed by atoms with van der Waals surface area (Å²) in [6.07, 6.45) is 0.118. The van der Waals surface area contributed by atoms with Crippen LogP contribution in [0.15, 0.2) is 53.1 Å². The fraction of sp³-hybridized carbons (Fsp3) is 0.200. The molecule has 6 nitrogen and oxygen atoms in total. The van der Waals surface area contributed by atoms with E-state index in [1.807, 2.05) is 0 Å². The highest BCUT2D eigenvalue weighted by Crippen LogP contribution is 2.18. The third-order valence-corrected chi connectivity index (χ3v) is 2.94. The average Bonchev–Trinajstić information content (AvgIpc) is 3.06.